The molecule has 0 saturated heterocycles. The van der Waals surface area contributed by atoms with Crippen molar-refractivity contribution in [1.29, 1.82) is 5.26 Å². The first kappa shape index (κ1) is 24.9. The number of Topliss-reactive ketones (excluding diaryl/α,β-unsaturated/α-hetero) is 1. The molecule has 4 rings (SSSR count). The molecule has 0 radical (unpaired) electrons. The molecule has 184 valence electrons. The Hall–Kier alpha value is -4.16. The molecule has 1 aromatic heterocycles. The summed E-state index contributed by atoms with van der Waals surface area (Å²) in [5.74, 6) is -1.99. The highest BCUT2D eigenvalue weighted by atomic mass is 35.5. The lowest BCUT2D eigenvalue weighted by Gasteiger charge is -2.43. The van der Waals surface area contributed by atoms with E-state index in [2.05, 4.69) is 16.5 Å². The Kier molecular flexibility index (Phi) is 6.57. The van der Waals surface area contributed by atoms with Crippen LogP contribution in [0.4, 0.5) is 0 Å². The zero-order valence-electron chi connectivity index (χ0n) is 20.0. The van der Waals surface area contributed by atoms with E-state index in [-0.39, 0.29) is 34.3 Å². The van der Waals surface area contributed by atoms with E-state index in [9.17, 15) is 19.6 Å². The Morgan fingerprint density at radius 3 is 2.56 bits per heavy atom. The van der Waals surface area contributed by atoms with Crippen LogP contribution < -0.4 is 11.2 Å². The molecule has 1 aromatic carbocycles. The number of aromatic nitrogens is 1. The minimum atomic E-state index is -0.754. The highest BCUT2D eigenvalue weighted by Crippen LogP contribution is 2.48. The molecule has 0 saturated carbocycles. The van der Waals surface area contributed by atoms with Crippen molar-refractivity contribution in [3.63, 3.8) is 0 Å². The van der Waals surface area contributed by atoms with Gasteiger partial charge in [-0.3, -0.25) is 15.0 Å². The van der Waals surface area contributed by atoms with Gasteiger partial charge in [-0.1, -0.05) is 37.6 Å². The van der Waals surface area contributed by atoms with E-state index in [4.69, 9.17) is 22.1 Å². The number of halogens is 1. The number of methoxy groups -OCH3 is 1. The van der Waals surface area contributed by atoms with Crippen LogP contribution in [0.15, 0.2) is 65.3 Å². The summed E-state index contributed by atoms with van der Waals surface area (Å²) in [6.07, 6.45) is 2.14. The molecule has 1 atom stereocenters. The second kappa shape index (κ2) is 9.47. The van der Waals surface area contributed by atoms with E-state index in [0.29, 0.717) is 28.8 Å². The van der Waals surface area contributed by atoms with E-state index >= 15 is 0 Å². The fourth-order valence-electron chi connectivity index (χ4n) is 4.62. The first-order valence-corrected chi connectivity index (χ1v) is 11.5. The van der Waals surface area contributed by atoms with E-state index < -0.39 is 23.2 Å². The molecule has 36 heavy (non-hydrogen) atoms. The average molecular weight is 506 g/mol. The monoisotopic (exact) mass is 505 g/mol. The molecular weight excluding hydrogens is 482 g/mol. The minimum Gasteiger partial charge on any atom is -0.465 e. The second-order valence-corrected chi connectivity index (χ2v) is 9.73. The minimum absolute atomic E-state index is 0.00263. The van der Waals surface area contributed by atoms with Crippen LogP contribution >= 0.6 is 11.6 Å². The Bertz CT molecular complexity index is 1370. The van der Waals surface area contributed by atoms with Crippen molar-refractivity contribution in [3.8, 4) is 6.07 Å². The quantitative estimate of drug-likeness (QED) is 0.474. The lowest BCUT2D eigenvalue weighted by molar-refractivity contribution is -0.118. The molecule has 9 nitrogen and oxygen atoms in total. The summed E-state index contributed by atoms with van der Waals surface area (Å²) >= 11 is 6.10. The fraction of sp³-hybridized carbons (Fsp3) is 0.269. The predicted molar refractivity (Wildman–Crippen MR) is 131 cm³/mol. The number of carbonyl (C=O) groups excluding carboxylic acids is 3. The summed E-state index contributed by atoms with van der Waals surface area (Å²) in [6, 6.07) is 11.7. The smallest absolute Gasteiger partial charge is 0.337 e. The molecule has 3 N–H and O–H groups in total. The van der Waals surface area contributed by atoms with Crippen molar-refractivity contribution in [2.24, 2.45) is 11.1 Å². The molecule has 0 fully saturated rings. The third-order valence-corrected chi connectivity index (χ3v) is 6.56. The first-order valence-electron chi connectivity index (χ1n) is 11.1. The van der Waals surface area contributed by atoms with Crippen molar-refractivity contribution in [2.45, 2.75) is 32.6 Å². The van der Waals surface area contributed by atoms with E-state index in [0.717, 1.165) is 0 Å². The maximum absolute atomic E-state index is 13.5. The third kappa shape index (κ3) is 4.43. The summed E-state index contributed by atoms with van der Waals surface area (Å²) in [7, 11) is 1.29. The lowest BCUT2D eigenvalue weighted by Crippen LogP contribution is -2.50. The van der Waals surface area contributed by atoms with Gasteiger partial charge < -0.3 is 10.5 Å². The molecule has 0 bridgehead atoms. The van der Waals surface area contributed by atoms with E-state index in [1.165, 1.54) is 24.4 Å². The maximum Gasteiger partial charge on any atom is 0.337 e. The zero-order chi connectivity index (χ0) is 26.2. The Morgan fingerprint density at radius 2 is 1.94 bits per heavy atom. The summed E-state index contributed by atoms with van der Waals surface area (Å²) in [4.78, 5) is 42.4. The van der Waals surface area contributed by atoms with E-state index in [1.54, 1.807) is 30.3 Å². The molecule has 2 aliphatic rings. The van der Waals surface area contributed by atoms with Gasteiger partial charge in [0.2, 0.25) is 0 Å². The highest BCUT2D eigenvalue weighted by molar-refractivity contribution is 6.32. The number of nitrogens with two attached hydrogens (primary N) is 1. The van der Waals surface area contributed by atoms with Gasteiger partial charge in [-0.25, -0.2) is 14.8 Å². The van der Waals surface area contributed by atoms with Crippen molar-refractivity contribution >= 4 is 29.3 Å². The van der Waals surface area contributed by atoms with Gasteiger partial charge in [0.15, 0.2) is 5.78 Å². The number of hydrogen-bond acceptors (Lipinski definition) is 8. The molecule has 1 aliphatic heterocycles. The van der Waals surface area contributed by atoms with Gasteiger partial charge in [0, 0.05) is 18.2 Å². The van der Waals surface area contributed by atoms with Crippen molar-refractivity contribution < 1.29 is 19.1 Å². The number of allylic oxidation sites excluding steroid dienone is 3. The van der Waals surface area contributed by atoms with Crippen LogP contribution in [0.1, 0.15) is 58.9 Å². The standard InChI is InChI=1S/C26H24ClN5O4/c1-26(2)11-18-21(19(33)12-26)20(14-6-8-15(9-7-14)25(35)36-3)17(13-28)23(29)32(18)31-24(34)16-5-4-10-30-22(16)27/h4-10,20H,11-12,29H2,1-3H3,(H,31,34). The van der Waals surface area contributed by atoms with Crippen LogP contribution in [-0.2, 0) is 9.53 Å². The summed E-state index contributed by atoms with van der Waals surface area (Å²) in [5, 5.41) is 11.4. The molecule has 1 unspecified atom stereocenters. The first-order chi connectivity index (χ1) is 17.1. The number of ketones is 1. The predicted octanol–water partition coefficient (Wildman–Crippen LogP) is 3.60. The highest BCUT2D eigenvalue weighted by Gasteiger charge is 2.45. The molecule has 1 amide bonds. The molecule has 1 aliphatic carbocycles. The number of ether oxygens (including phenoxy) is 1. The molecule has 0 spiro atoms. The number of amides is 1. The van der Waals surface area contributed by atoms with Crippen LogP contribution in [0, 0.1) is 16.7 Å². The lowest BCUT2D eigenvalue weighted by atomic mass is 9.69. The van der Waals surface area contributed by atoms with Crippen molar-refractivity contribution in [3.05, 3.63) is 87.1 Å². The number of hydrazine groups is 1. The van der Waals surface area contributed by atoms with Gasteiger partial charge >= 0.3 is 5.97 Å². The molecule has 10 heteroatoms. The van der Waals surface area contributed by atoms with Gasteiger partial charge in [0.1, 0.15) is 11.0 Å². The number of nitriles is 1. The van der Waals surface area contributed by atoms with Crippen LogP contribution in [0.5, 0.6) is 0 Å². The number of pyridine rings is 1. The van der Waals surface area contributed by atoms with E-state index in [1.807, 2.05) is 13.8 Å². The van der Waals surface area contributed by atoms with Crippen LogP contribution in [0.2, 0.25) is 5.15 Å². The third-order valence-electron chi connectivity index (χ3n) is 6.26. The molecule has 2 heterocycles. The number of hydrogen-bond donors (Lipinski definition) is 2. The van der Waals surface area contributed by atoms with Crippen LogP contribution in [0.3, 0.4) is 0 Å². The van der Waals surface area contributed by atoms with Crippen molar-refractivity contribution in [2.75, 3.05) is 7.11 Å². The van der Waals surface area contributed by atoms with Crippen molar-refractivity contribution in [1.82, 2.24) is 15.4 Å². The zero-order valence-corrected chi connectivity index (χ0v) is 20.7. The summed E-state index contributed by atoms with van der Waals surface area (Å²) in [6.45, 7) is 3.90. The largest absolute Gasteiger partial charge is 0.465 e. The molecule has 2 aromatic rings. The number of nitrogens with zero attached hydrogens (tertiary/aromatic N) is 3. The van der Waals surface area contributed by atoms with Gasteiger partial charge in [0.05, 0.1) is 41.5 Å². The number of rotatable bonds is 4. The number of nitrogens with one attached hydrogen (secondary N) is 1. The van der Waals surface area contributed by atoms with Crippen LogP contribution in [0.25, 0.3) is 0 Å². The average Bonchev–Trinajstić information content (AvgIpc) is 2.84. The topological polar surface area (TPSA) is 138 Å². The normalized spacial score (nSPS) is 18.9. The number of benzene rings is 1. The van der Waals surface area contributed by atoms with Gasteiger partial charge in [-0.2, -0.15) is 5.26 Å². The Morgan fingerprint density at radius 1 is 1.25 bits per heavy atom. The number of carbonyl (C=O) groups is 3. The Labute approximate surface area is 213 Å². The van der Waals surface area contributed by atoms with Gasteiger partial charge in [-0.05, 0) is 41.7 Å². The van der Waals surface area contributed by atoms with Gasteiger partial charge in [0.25, 0.3) is 5.91 Å². The second-order valence-electron chi connectivity index (χ2n) is 9.38. The van der Waals surface area contributed by atoms with Crippen LogP contribution in [-0.4, -0.2) is 34.8 Å². The maximum atomic E-state index is 13.5. The van der Waals surface area contributed by atoms with Gasteiger partial charge in [-0.15, -0.1) is 0 Å². The summed E-state index contributed by atoms with van der Waals surface area (Å²) < 4.78 is 4.76. The SMILES string of the molecule is COC(=O)c1ccc(C2C(C#N)=C(N)N(NC(=O)c3cccnc3Cl)C3=C2C(=O)CC(C)(C)C3)cc1. The Balaban J connectivity index is 1.84. The fourth-order valence-corrected chi connectivity index (χ4v) is 4.82. The summed E-state index contributed by atoms with van der Waals surface area (Å²) in [5.41, 5.74) is 10.8. The molecular formula is C26H24ClN5O4. The number of esters is 1.